The Morgan fingerprint density at radius 1 is 0.844 bits per heavy atom. The Hall–Kier alpha value is -2.21. The van der Waals surface area contributed by atoms with E-state index in [1.165, 1.54) is 0 Å². The number of carbonyl (C=O) groups is 1. The molecule has 0 aromatic heterocycles. The van der Waals surface area contributed by atoms with Crippen LogP contribution in [0.4, 0.5) is 0 Å². The number of hydrogen-bond donors (Lipinski definition) is 1. The summed E-state index contributed by atoms with van der Waals surface area (Å²) < 4.78 is 6.33. The van der Waals surface area contributed by atoms with Gasteiger partial charge in [0, 0.05) is 24.9 Å². The van der Waals surface area contributed by atoms with Gasteiger partial charge in [-0.25, -0.2) is 4.79 Å². The van der Waals surface area contributed by atoms with Crippen molar-refractivity contribution in [2.45, 2.75) is 37.4 Å². The molecule has 0 heterocycles. The van der Waals surface area contributed by atoms with E-state index in [0.717, 1.165) is 38.8 Å². The van der Waals surface area contributed by atoms with Gasteiger partial charge in [0.1, 0.15) is 6.10 Å². The highest BCUT2D eigenvalue weighted by Crippen LogP contribution is 2.36. The first-order valence-electron chi connectivity index (χ1n) is 11.7. The van der Waals surface area contributed by atoms with E-state index in [0.29, 0.717) is 11.1 Å². The third kappa shape index (κ3) is 5.77. The SMILES string of the molecule is CN(C)C[C@H]1CCCC[C@H](CN(C)C)C1OC(=O)C(O)(c1ccccc1)c1ccccc1. The molecule has 0 aliphatic heterocycles. The quantitative estimate of drug-likeness (QED) is 0.502. The summed E-state index contributed by atoms with van der Waals surface area (Å²) in [5.74, 6) is -0.122. The zero-order valence-electron chi connectivity index (χ0n) is 19.9. The predicted octanol–water partition coefficient (Wildman–Crippen LogP) is 3.76. The van der Waals surface area contributed by atoms with E-state index >= 15 is 0 Å². The summed E-state index contributed by atoms with van der Waals surface area (Å²) in [5, 5.41) is 11.9. The maximum atomic E-state index is 13.8. The molecule has 2 aromatic carbocycles. The second kappa shape index (κ2) is 11.1. The van der Waals surface area contributed by atoms with Crippen molar-refractivity contribution in [2.75, 3.05) is 41.3 Å². The number of esters is 1. The van der Waals surface area contributed by atoms with Crippen molar-refractivity contribution in [3.8, 4) is 0 Å². The molecule has 2 aromatic rings. The van der Waals surface area contributed by atoms with Crippen molar-refractivity contribution in [1.29, 1.82) is 0 Å². The third-order valence-electron chi connectivity index (χ3n) is 6.45. The van der Waals surface area contributed by atoms with Gasteiger partial charge >= 0.3 is 5.97 Å². The van der Waals surface area contributed by atoms with Crippen LogP contribution in [0.15, 0.2) is 60.7 Å². The first-order chi connectivity index (χ1) is 15.3. The van der Waals surface area contributed by atoms with Crippen LogP contribution in [0.3, 0.4) is 0 Å². The van der Waals surface area contributed by atoms with Crippen LogP contribution in [0.5, 0.6) is 0 Å². The second-order valence-electron chi connectivity index (χ2n) is 9.64. The highest BCUT2D eigenvalue weighted by molar-refractivity contribution is 5.85. The number of carbonyl (C=O) groups excluding carboxylic acids is 1. The molecule has 1 aliphatic rings. The van der Waals surface area contributed by atoms with Crippen molar-refractivity contribution in [3.63, 3.8) is 0 Å². The van der Waals surface area contributed by atoms with E-state index in [4.69, 9.17) is 4.74 Å². The molecule has 1 aliphatic carbocycles. The highest BCUT2D eigenvalue weighted by atomic mass is 16.6. The van der Waals surface area contributed by atoms with Crippen LogP contribution in [0.2, 0.25) is 0 Å². The van der Waals surface area contributed by atoms with Crippen LogP contribution in [-0.4, -0.2) is 68.3 Å². The van der Waals surface area contributed by atoms with E-state index in [9.17, 15) is 9.90 Å². The number of aliphatic hydroxyl groups is 1. The largest absolute Gasteiger partial charge is 0.459 e. The Bertz CT molecular complexity index is 779. The molecule has 0 bridgehead atoms. The van der Waals surface area contributed by atoms with Gasteiger partial charge in [-0.15, -0.1) is 0 Å². The van der Waals surface area contributed by atoms with Crippen LogP contribution in [-0.2, 0) is 15.1 Å². The average molecular weight is 439 g/mol. The number of hydrogen-bond acceptors (Lipinski definition) is 5. The monoisotopic (exact) mass is 438 g/mol. The fourth-order valence-electron chi connectivity index (χ4n) is 5.02. The van der Waals surface area contributed by atoms with Crippen LogP contribution < -0.4 is 0 Å². The molecule has 3 rings (SSSR count). The molecular weight excluding hydrogens is 400 g/mol. The van der Waals surface area contributed by atoms with E-state index in [-0.39, 0.29) is 17.9 Å². The minimum atomic E-state index is -1.85. The Morgan fingerprint density at radius 3 is 1.62 bits per heavy atom. The lowest BCUT2D eigenvalue weighted by molar-refractivity contribution is -0.175. The molecule has 0 spiro atoms. The first kappa shape index (κ1) is 24.4. The van der Waals surface area contributed by atoms with Gasteiger partial charge in [0.05, 0.1) is 0 Å². The molecular formula is C27H38N2O3. The molecule has 2 atom stereocenters. The molecule has 0 radical (unpaired) electrons. The van der Waals surface area contributed by atoms with Crippen LogP contribution in [0, 0.1) is 11.8 Å². The average Bonchev–Trinajstić information content (AvgIpc) is 2.95. The molecule has 32 heavy (non-hydrogen) atoms. The Kier molecular flexibility index (Phi) is 8.46. The van der Waals surface area contributed by atoms with Crippen LogP contribution in [0.1, 0.15) is 36.8 Å². The van der Waals surface area contributed by atoms with Gasteiger partial charge < -0.3 is 19.6 Å². The third-order valence-corrected chi connectivity index (χ3v) is 6.45. The molecule has 5 nitrogen and oxygen atoms in total. The number of ether oxygens (including phenoxy) is 1. The summed E-state index contributed by atoms with van der Waals surface area (Å²) in [7, 11) is 8.26. The van der Waals surface area contributed by atoms with Crippen molar-refractivity contribution < 1.29 is 14.6 Å². The Labute approximate surface area is 193 Å². The van der Waals surface area contributed by atoms with Crippen molar-refractivity contribution >= 4 is 5.97 Å². The van der Waals surface area contributed by atoms with Gasteiger partial charge in [0.25, 0.3) is 0 Å². The summed E-state index contributed by atoms with van der Waals surface area (Å²) in [6.45, 7) is 1.72. The first-order valence-corrected chi connectivity index (χ1v) is 11.7. The van der Waals surface area contributed by atoms with Gasteiger partial charge in [0.15, 0.2) is 0 Å². The van der Waals surface area contributed by atoms with Gasteiger partial charge in [-0.1, -0.05) is 73.5 Å². The van der Waals surface area contributed by atoms with Crippen LogP contribution >= 0.6 is 0 Å². The maximum absolute atomic E-state index is 13.8. The zero-order chi connectivity index (χ0) is 23.1. The molecule has 174 valence electrons. The van der Waals surface area contributed by atoms with Crippen molar-refractivity contribution in [2.24, 2.45) is 11.8 Å². The van der Waals surface area contributed by atoms with Gasteiger partial charge in [-0.2, -0.15) is 0 Å². The lowest BCUT2D eigenvalue weighted by Gasteiger charge is -2.37. The summed E-state index contributed by atoms with van der Waals surface area (Å²) >= 11 is 0. The summed E-state index contributed by atoms with van der Waals surface area (Å²) in [6.07, 6.45) is 4.08. The minimum absolute atomic E-state index is 0.234. The Balaban J connectivity index is 1.98. The molecule has 1 fully saturated rings. The topological polar surface area (TPSA) is 53.0 Å². The molecule has 5 heteroatoms. The van der Waals surface area contributed by atoms with E-state index in [1.807, 2.05) is 36.4 Å². The van der Waals surface area contributed by atoms with E-state index < -0.39 is 11.6 Å². The fraction of sp³-hybridized carbons (Fsp3) is 0.519. The zero-order valence-corrected chi connectivity index (χ0v) is 19.9. The maximum Gasteiger partial charge on any atom is 0.347 e. The molecule has 1 N–H and O–H groups in total. The van der Waals surface area contributed by atoms with E-state index in [2.05, 4.69) is 38.0 Å². The molecule has 1 saturated carbocycles. The number of benzene rings is 2. The summed E-state index contributed by atoms with van der Waals surface area (Å²) in [5.41, 5.74) is -0.795. The smallest absolute Gasteiger partial charge is 0.347 e. The molecule has 0 saturated heterocycles. The normalized spacial score (nSPS) is 20.3. The second-order valence-corrected chi connectivity index (χ2v) is 9.64. The van der Waals surface area contributed by atoms with E-state index in [1.54, 1.807) is 24.3 Å². The van der Waals surface area contributed by atoms with Gasteiger partial charge in [-0.3, -0.25) is 0 Å². The van der Waals surface area contributed by atoms with Crippen LogP contribution in [0.25, 0.3) is 0 Å². The van der Waals surface area contributed by atoms with Gasteiger partial charge in [-0.05, 0) is 52.2 Å². The fourth-order valence-corrected chi connectivity index (χ4v) is 5.02. The predicted molar refractivity (Wildman–Crippen MR) is 128 cm³/mol. The lowest BCUT2D eigenvalue weighted by atomic mass is 9.85. The summed E-state index contributed by atoms with van der Waals surface area (Å²) in [4.78, 5) is 18.2. The Morgan fingerprint density at radius 2 is 1.25 bits per heavy atom. The standard InChI is InChI=1S/C27H38N2O3/c1-28(2)19-21-13-11-12-14-22(20-29(3)4)25(21)32-26(30)27(31,23-15-7-5-8-16-23)24-17-9-6-10-18-24/h5-10,15-18,21-22,25,31H,11-14,19-20H2,1-4H3/t21-,22-/m1/s1. The van der Waals surface area contributed by atoms with Crippen molar-refractivity contribution in [1.82, 2.24) is 9.80 Å². The minimum Gasteiger partial charge on any atom is -0.459 e. The van der Waals surface area contributed by atoms with Crippen molar-refractivity contribution in [3.05, 3.63) is 71.8 Å². The van der Waals surface area contributed by atoms with Gasteiger partial charge in [0.2, 0.25) is 5.60 Å². The number of nitrogens with zero attached hydrogens (tertiary/aromatic N) is 2. The lowest BCUT2D eigenvalue weighted by Crippen LogP contribution is -2.46. The number of rotatable bonds is 8. The summed E-state index contributed by atoms with van der Waals surface area (Å²) in [6, 6.07) is 18.3. The molecule has 0 amide bonds. The highest BCUT2D eigenvalue weighted by Gasteiger charge is 2.45. The molecule has 0 unspecified atom stereocenters.